The maximum Gasteiger partial charge on any atom is 0.582 e. The molecule has 1 amide bonds. The first kappa shape index (κ1) is 24.8. The molecule has 1 fully saturated rings. The molecule has 2 unspecified atom stereocenters. The number of allylic oxidation sites excluding steroid dienone is 1. The Kier molecular flexibility index (Phi) is 10.2. The van der Waals surface area contributed by atoms with Crippen molar-refractivity contribution in [3.05, 3.63) is 12.3 Å². The number of rotatable bonds is 10. The van der Waals surface area contributed by atoms with E-state index in [1.165, 1.54) is 38.3 Å². The highest BCUT2D eigenvalue weighted by Gasteiger charge is 2.51. The van der Waals surface area contributed by atoms with E-state index in [1.807, 2.05) is 0 Å². The number of hydrogen-bond donors (Lipinski definition) is 3. The van der Waals surface area contributed by atoms with E-state index in [1.54, 1.807) is 6.92 Å². The third-order valence-corrected chi connectivity index (χ3v) is 5.91. The molecule has 6 atom stereocenters. The molecule has 2 N–H and O–H groups in total. The first-order valence-electron chi connectivity index (χ1n) is 7.59. The zero-order valence-corrected chi connectivity index (χ0v) is 18.7. The van der Waals surface area contributed by atoms with Crippen LogP contribution in [0.2, 0.25) is 0 Å². The van der Waals surface area contributed by atoms with Crippen LogP contribution in [0.4, 0.5) is 0 Å². The molecule has 1 heterocycles. The van der Waals surface area contributed by atoms with Gasteiger partial charge >= 0.3 is 13.9 Å². The van der Waals surface area contributed by atoms with Gasteiger partial charge in [-0.15, -0.1) is 4.52 Å². The van der Waals surface area contributed by atoms with Crippen LogP contribution >= 0.6 is 26.2 Å². The van der Waals surface area contributed by atoms with Gasteiger partial charge in [0.25, 0.3) is 0 Å². The van der Waals surface area contributed by atoms with Crippen LogP contribution in [0.25, 0.3) is 0 Å². The fraction of sp³-hybridized carbons (Fsp3) is 0.692. The lowest BCUT2D eigenvalue weighted by Gasteiger charge is -2.29. The number of carbonyl (C=O) groups is 1. The molecule has 0 aromatic heterocycles. The van der Waals surface area contributed by atoms with Gasteiger partial charge in [0.15, 0.2) is 6.23 Å². The number of methoxy groups -OCH3 is 1. The summed E-state index contributed by atoms with van der Waals surface area (Å²) in [7, 11) is 0.357. The molecule has 0 saturated carbocycles. The van der Waals surface area contributed by atoms with Crippen molar-refractivity contribution in [2.24, 2.45) is 0 Å². The summed E-state index contributed by atoms with van der Waals surface area (Å²) >= 11 is 8.56. The molecule has 154 valence electrons. The summed E-state index contributed by atoms with van der Waals surface area (Å²) in [6, 6.07) is 0. The summed E-state index contributed by atoms with van der Waals surface area (Å²) < 4.78 is 37.7. The van der Waals surface area contributed by atoms with Gasteiger partial charge in [-0.2, -0.15) is 0 Å². The van der Waals surface area contributed by atoms with E-state index in [9.17, 15) is 14.3 Å². The third-order valence-electron chi connectivity index (χ3n) is 3.52. The van der Waals surface area contributed by atoms with Crippen molar-refractivity contribution >= 4 is 49.6 Å². The number of thiol groups is 1. The molecule has 0 bridgehead atoms. The summed E-state index contributed by atoms with van der Waals surface area (Å²) in [5.41, 5.74) is 0.221. The van der Waals surface area contributed by atoms with E-state index in [0.29, 0.717) is 0 Å². The van der Waals surface area contributed by atoms with Gasteiger partial charge in [-0.3, -0.25) is 14.2 Å². The van der Waals surface area contributed by atoms with Crippen molar-refractivity contribution in [2.75, 3.05) is 20.8 Å². The summed E-state index contributed by atoms with van der Waals surface area (Å²) in [6.45, 7) is -0.949. The molecule has 0 aromatic carbocycles. The van der Waals surface area contributed by atoms with Gasteiger partial charge in [-0.25, -0.2) is 0 Å². The van der Waals surface area contributed by atoms with Crippen LogP contribution < -0.4 is 0 Å². The molecule has 0 aliphatic carbocycles. The molecular formula is C13H23N2O8P2S2+. The Morgan fingerprint density at radius 3 is 2.52 bits per heavy atom. The SMILES string of the molecule is CO[C@H]1[C@@H](OP(O)(=S)OC)[C@@H](CO[P+](=O)S)O[C@H]1N(/C=C\C(C)=N)C(C)=O. The van der Waals surface area contributed by atoms with Gasteiger partial charge in [0.05, 0.1) is 0 Å². The molecule has 0 aromatic rings. The largest absolute Gasteiger partial charge is 0.582 e. The van der Waals surface area contributed by atoms with Crippen LogP contribution in [0.15, 0.2) is 12.3 Å². The molecule has 0 spiro atoms. The highest BCUT2D eigenvalue weighted by Crippen LogP contribution is 2.47. The monoisotopic (exact) mass is 461 g/mol. The molecular weight excluding hydrogens is 438 g/mol. The van der Waals surface area contributed by atoms with E-state index in [-0.39, 0.29) is 18.2 Å². The van der Waals surface area contributed by atoms with Crippen LogP contribution in [0, 0.1) is 5.41 Å². The van der Waals surface area contributed by atoms with Crippen LogP contribution in [0.3, 0.4) is 0 Å². The number of nitrogens with zero attached hydrogens (tertiary/aromatic N) is 1. The molecule has 1 aliphatic heterocycles. The van der Waals surface area contributed by atoms with Crippen molar-refractivity contribution in [3.63, 3.8) is 0 Å². The normalized spacial score (nSPS) is 28.1. The van der Waals surface area contributed by atoms with Crippen LogP contribution in [0.5, 0.6) is 0 Å². The van der Waals surface area contributed by atoms with E-state index in [4.69, 9.17) is 40.3 Å². The smallest absolute Gasteiger partial charge is 0.374 e. The predicted octanol–water partition coefficient (Wildman–Crippen LogP) is 1.98. The molecule has 27 heavy (non-hydrogen) atoms. The van der Waals surface area contributed by atoms with Crippen LogP contribution in [-0.2, 0) is 44.2 Å². The maximum absolute atomic E-state index is 12.1. The Labute approximate surface area is 168 Å². The van der Waals surface area contributed by atoms with Crippen LogP contribution in [0.1, 0.15) is 13.8 Å². The van der Waals surface area contributed by atoms with E-state index < -0.39 is 38.5 Å². The second kappa shape index (κ2) is 11.1. The first-order valence-corrected chi connectivity index (χ1v) is 12.5. The van der Waals surface area contributed by atoms with Gasteiger partial charge in [0.1, 0.15) is 37.2 Å². The van der Waals surface area contributed by atoms with Crippen molar-refractivity contribution in [1.82, 2.24) is 4.90 Å². The minimum Gasteiger partial charge on any atom is -0.374 e. The van der Waals surface area contributed by atoms with Gasteiger partial charge in [-0.1, -0.05) is 0 Å². The minimum atomic E-state index is -3.60. The number of hydrogen-bond acceptors (Lipinski definition) is 9. The fourth-order valence-electron chi connectivity index (χ4n) is 2.34. The summed E-state index contributed by atoms with van der Waals surface area (Å²) in [5, 5.41) is 7.49. The average molecular weight is 461 g/mol. The lowest BCUT2D eigenvalue weighted by Crippen LogP contribution is -2.45. The van der Waals surface area contributed by atoms with Gasteiger partial charge in [0, 0.05) is 33.1 Å². The fourth-order valence-corrected chi connectivity index (χ4v) is 3.76. The van der Waals surface area contributed by atoms with Crippen molar-refractivity contribution in [3.8, 4) is 0 Å². The average Bonchev–Trinajstić information content (AvgIpc) is 2.89. The van der Waals surface area contributed by atoms with Crippen LogP contribution in [-0.4, -0.2) is 66.8 Å². The number of ether oxygens (including phenoxy) is 2. The molecule has 1 aliphatic rings. The van der Waals surface area contributed by atoms with E-state index in [2.05, 4.69) is 12.2 Å². The highest BCUT2D eigenvalue weighted by atomic mass is 32.7. The Morgan fingerprint density at radius 1 is 1.44 bits per heavy atom. The summed E-state index contributed by atoms with van der Waals surface area (Å²) in [4.78, 5) is 23.3. The van der Waals surface area contributed by atoms with Gasteiger partial charge < -0.3 is 24.3 Å². The maximum atomic E-state index is 12.1. The Morgan fingerprint density at radius 2 is 2.07 bits per heavy atom. The Hall–Kier alpha value is -0.260. The Balaban J connectivity index is 3.20. The molecule has 1 saturated heterocycles. The van der Waals surface area contributed by atoms with E-state index >= 15 is 0 Å². The lowest BCUT2D eigenvalue weighted by molar-refractivity contribution is -0.144. The van der Waals surface area contributed by atoms with E-state index in [0.717, 1.165) is 0 Å². The lowest BCUT2D eigenvalue weighted by atomic mass is 10.1. The molecule has 10 nitrogen and oxygen atoms in total. The Bertz CT molecular complexity index is 650. The number of nitrogens with one attached hydrogen (secondary N) is 1. The van der Waals surface area contributed by atoms with Crippen molar-refractivity contribution in [2.45, 2.75) is 38.4 Å². The third kappa shape index (κ3) is 7.58. The highest BCUT2D eigenvalue weighted by molar-refractivity contribution is 8.39. The molecule has 1 rings (SSSR count). The second-order valence-electron chi connectivity index (χ2n) is 5.45. The standard InChI is InChI=1S/C13H22N2O8P2S2/c1-8(14)5-6-15(9(2)16)13-12(19-3)11(23-25(18,27)20-4)10(22-13)7-21-24(17)26/h5-6,10-14H,7H2,1-4H3,(H-,17,18,26,27)/p+1/b6-5-,14-8?/t10-,11+,12+,13-,25?/m1/s1. The second-order valence-corrected chi connectivity index (χ2v) is 10.1. The van der Waals surface area contributed by atoms with Crippen molar-refractivity contribution < 1.29 is 37.3 Å². The van der Waals surface area contributed by atoms with Crippen molar-refractivity contribution in [1.29, 1.82) is 5.41 Å². The first-order chi connectivity index (χ1) is 12.5. The number of carbonyl (C=O) groups excluding carboxylic acids is 1. The zero-order valence-electron chi connectivity index (χ0n) is 15.2. The summed E-state index contributed by atoms with van der Waals surface area (Å²) in [6.07, 6.45) is -0.909. The minimum absolute atomic E-state index is 0.210. The topological polar surface area (TPSA) is 128 Å². The number of amides is 1. The zero-order chi connectivity index (χ0) is 20.8. The van der Waals surface area contributed by atoms with Gasteiger partial charge in [-0.05, 0) is 29.4 Å². The predicted molar refractivity (Wildman–Crippen MR) is 105 cm³/mol. The molecule has 0 radical (unpaired) electrons. The summed E-state index contributed by atoms with van der Waals surface area (Å²) in [5.74, 6) is -0.379. The van der Waals surface area contributed by atoms with Gasteiger partial charge in [0.2, 0.25) is 5.91 Å². The quantitative estimate of drug-likeness (QED) is 0.254. The molecule has 14 heteroatoms.